The maximum absolute atomic E-state index is 13.5. The van der Waals surface area contributed by atoms with Crippen molar-refractivity contribution in [3.8, 4) is 34.4 Å². The Kier molecular flexibility index (Phi) is 19.2. The van der Waals surface area contributed by atoms with Crippen LogP contribution in [-0.2, 0) is 67.5 Å². The van der Waals surface area contributed by atoms with E-state index in [1.165, 1.54) is 72.6 Å². The number of carbonyl (C=O) groups is 12. The van der Waals surface area contributed by atoms with Crippen LogP contribution in [0.2, 0.25) is 0 Å². The summed E-state index contributed by atoms with van der Waals surface area (Å²) in [6, 6.07) is 30.8. The third kappa shape index (κ3) is 13.7. The minimum absolute atomic E-state index is 0.0558. The molecule has 0 bridgehead atoms. The number of nitrogens with two attached hydrogens (primary N) is 1. The molecule has 8 aliphatic heterocycles. The molecule has 0 saturated carbocycles. The number of halogens is 2. The Morgan fingerprint density at radius 2 is 0.718 bits per heavy atom. The number of anilines is 1. The second-order valence-electron chi connectivity index (χ2n) is 29.5. The SMILES string of the molecule is COc1ccc2c(c1)C(=O)N(C[C@@]1(c3cc4cc(-c5nn[nH]n5)cnc4o3)NC(=O)NC1=O)C2.COc1ccc2c(c1)C(=O)N(C[C@@]1(c3cc4cc(Br)cnc4o3)NC(=O)NC1=O)C2.COc1ccc2c(c1)C(=O)N(C[C@@]1(c3cc4cc(F)cnc4o3)NC(=O)NC1=O)C2.COc1ccc2c(c1)C(=O)N(C[C@@]1(c3cc4cc(N)cnc4o3)NC(=O)NC1=O)C2. The van der Waals surface area contributed by atoms with E-state index >= 15 is 0 Å². The number of aromatic amines is 1. The van der Waals surface area contributed by atoms with Crippen LogP contribution in [0.5, 0.6) is 23.0 Å². The van der Waals surface area contributed by atoms with E-state index in [4.69, 9.17) is 42.3 Å². The first kappa shape index (κ1) is 78.9. The number of hydrogen-bond donors (Lipinski definition) is 10. The van der Waals surface area contributed by atoms with E-state index in [9.17, 15) is 61.9 Å². The normalized spacial score (nSPS) is 20.2. The number of fused-ring (bicyclic) bond motifs is 8. The molecule has 8 aliphatic rings. The van der Waals surface area contributed by atoms with Crippen molar-refractivity contribution in [2.24, 2.45) is 0 Å². The molecule has 626 valence electrons. The maximum atomic E-state index is 13.5. The summed E-state index contributed by atoms with van der Waals surface area (Å²) >= 11 is 3.35. The molecule has 16 amide bonds. The van der Waals surface area contributed by atoms with Gasteiger partial charge in [0.15, 0.2) is 22.2 Å². The van der Waals surface area contributed by atoms with Crippen LogP contribution in [0.1, 0.15) is 86.7 Å². The van der Waals surface area contributed by atoms with Crippen molar-refractivity contribution in [1.82, 2.24) is 103 Å². The van der Waals surface area contributed by atoms with Gasteiger partial charge in [-0.2, -0.15) is 5.21 Å². The zero-order valence-corrected chi connectivity index (χ0v) is 66.5. The summed E-state index contributed by atoms with van der Waals surface area (Å²) in [5.74, 6) is -1.05. The smallest absolute Gasteiger partial charge is 0.322 e. The van der Waals surface area contributed by atoms with Crippen LogP contribution in [0.15, 0.2) is 168 Å². The molecular weight excluding hydrogens is 1690 g/mol. The summed E-state index contributed by atoms with van der Waals surface area (Å²) in [5.41, 5.74) is 6.42. The highest BCUT2D eigenvalue weighted by atomic mass is 79.9. The number of benzene rings is 4. The number of nitrogens with one attached hydrogen (secondary N) is 9. The number of aromatic nitrogens is 8. The Morgan fingerprint density at radius 3 is 1.04 bits per heavy atom. The summed E-state index contributed by atoms with van der Waals surface area (Å²) in [4.78, 5) is 174. The second-order valence-corrected chi connectivity index (χ2v) is 30.5. The molecule has 0 spiro atoms. The average molecular weight is 1750 g/mol. The number of tetrazole rings is 1. The van der Waals surface area contributed by atoms with Crippen LogP contribution in [0.4, 0.5) is 29.3 Å². The van der Waals surface area contributed by atoms with E-state index < -0.39 is 75.7 Å². The van der Waals surface area contributed by atoms with Gasteiger partial charge < -0.3 is 83.2 Å². The van der Waals surface area contributed by atoms with Crippen LogP contribution in [0.25, 0.3) is 55.8 Å². The summed E-state index contributed by atoms with van der Waals surface area (Å²) in [5, 5.41) is 35.4. The molecule has 21 rings (SSSR count). The minimum atomic E-state index is -1.67. The molecule has 9 aromatic heterocycles. The lowest BCUT2D eigenvalue weighted by Gasteiger charge is -2.28. The van der Waals surface area contributed by atoms with Crippen molar-refractivity contribution >= 4 is 137 Å². The van der Waals surface area contributed by atoms with E-state index in [0.29, 0.717) is 96.1 Å². The van der Waals surface area contributed by atoms with Crippen molar-refractivity contribution < 1.29 is 98.5 Å². The third-order valence-corrected chi connectivity index (χ3v) is 22.4. The fourth-order valence-electron chi connectivity index (χ4n) is 15.9. The van der Waals surface area contributed by atoms with E-state index in [1.54, 1.807) is 109 Å². The van der Waals surface area contributed by atoms with Gasteiger partial charge in [0.1, 0.15) is 51.9 Å². The zero-order valence-electron chi connectivity index (χ0n) is 64.9. The lowest BCUT2D eigenvalue weighted by molar-refractivity contribution is -0.126. The van der Waals surface area contributed by atoms with Gasteiger partial charge in [0.2, 0.25) is 28.7 Å². The molecule has 4 saturated heterocycles. The maximum Gasteiger partial charge on any atom is 0.322 e. The van der Waals surface area contributed by atoms with Gasteiger partial charge in [-0.25, -0.2) is 43.5 Å². The molecule has 124 heavy (non-hydrogen) atoms. The van der Waals surface area contributed by atoms with E-state index in [-0.39, 0.29) is 110 Å². The van der Waals surface area contributed by atoms with Crippen molar-refractivity contribution in [3.05, 3.63) is 224 Å². The van der Waals surface area contributed by atoms with Crippen LogP contribution in [-0.4, -0.2) is 186 Å². The molecular formula is C81H63BrFN21O20. The average Bonchev–Trinajstić information content (AvgIpc) is 1.60. The molecule has 4 fully saturated rings. The minimum Gasteiger partial charge on any atom is -0.497 e. The van der Waals surface area contributed by atoms with Gasteiger partial charge in [0, 0.05) is 92.4 Å². The number of furan rings is 4. The summed E-state index contributed by atoms with van der Waals surface area (Å²) < 4.78 is 58.3. The Balaban J connectivity index is 0.000000113. The first-order chi connectivity index (χ1) is 59.6. The lowest BCUT2D eigenvalue weighted by Crippen LogP contribution is -2.52. The molecule has 0 aliphatic carbocycles. The topological polar surface area (TPSA) is 536 Å². The quantitative estimate of drug-likeness (QED) is 0.0483. The first-order valence-electron chi connectivity index (χ1n) is 37.4. The van der Waals surface area contributed by atoms with Crippen LogP contribution in [0, 0.1) is 5.82 Å². The van der Waals surface area contributed by atoms with Gasteiger partial charge in [-0.3, -0.25) is 59.6 Å². The summed E-state index contributed by atoms with van der Waals surface area (Å²) in [7, 11) is 6.08. The van der Waals surface area contributed by atoms with E-state index in [1.807, 2.05) is 6.07 Å². The number of imide groups is 4. The molecule has 0 radical (unpaired) electrons. The number of amides is 16. The Bertz CT molecular complexity index is 6340. The summed E-state index contributed by atoms with van der Waals surface area (Å²) in [6.45, 7) is 0.568. The first-order valence-corrected chi connectivity index (χ1v) is 38.2. The van der Waals surface area contributed by atoms with Gasteiger partial charge in [-0.05, 0) is 140 Å². The van der Waals surface area contributed by atoms with Crippen molar-refractivity contribution in [1.29, 1.82) is 0 Å². The van der Waals surface area contributed by atoms with Crippen molar-refractivity contribution in [2.75, 3.05) is 60.4 Å². The molecule has 11 N–H and O–H groups in total. The highest BCUT2D eigenvalue weighted by molar-refractivity contribution is 9.10. The number of H-pyrrole nitrogens is 1. The van der Waals surface area contributed by atoms with Gasteiger partial charge >= 0.3 is 24.1 Å². The number of nitrogens with zero attached hydrogens (tertiary/aromatic N) is 11. The molecule has 4 aromatic carbocycles. The number of methoxy groups -OCH3 is 4. The fraction of sp³-hybridized carbons (Fsp3) is 0.198. The highest BCUT2D eigenvalue weighted by Gasteiger charge is 2.58. The number of ether oxygens (including phenoxy) is 4. The third-order valence-electron chi connectivity index (χ3n) is 22.0. The van der Waals surface area contributed by atoms with Crippen LogP contribution >= 0.6 is 15.9 Å². The van der Waals surface area contributed by atoms with E-state index in [2.05, 4.69) is 99.0 Å². The second kappa shape index (κ2) is 30.2. The van der Waals surface area contributed by atoms with Gasteiger partial charge in [-0.15, -0.1) is 10.2 Å². The number of urea groups is 4. The predicted octanol–water partition coefficient (Wildman–Crippen LogP) is 5.77. The van der Waals surface area contributed by atoms with Crippen LogP contribution < -0.4 is 67.2 Å². The molecule has 43 heteroatoms. The molecule has 17 heterocycles. The van der Waals surface area contributed by atoms with Crippen LogP contribution in [0.3, 0.4) is 0 Å². The van der Waals surface area contributed by atoms with Gasteiger partial charge in [-0.1, -0.05) is 24.3 Å². The molecule has 13 aromatic rings. The van der Waals surface area contributed by atoms with E-state index in [0.717, 1.165) is 32.9 Å². The highest BCUT2D eigenvalue weighted by Crippen LogP contribution is 2.42. The molecule has 4 atom stereocenters. The lowest BCUT2D eigenvalue weighted by atomic mass is 9.95. The predicted molar refractivity (Wildman–Crippen MR) is 426 cm³/mol. The zero-order chi connectivity index (χ0) is 86.6. The van der Waals surface area contributed by atoms with Gasteiger partial charge in [0.05, 0.1) is 72.7 Å². The number of hydrogen-bond acceptors (Lipinski definition) is 28. The monoisotopic (exact) mass is 1750 g/mol. The Hall–Kier alpha value is -16.2. The number of nitrogen functional groups attached to an aromatic ring is 1. The number of carbonyl (C=O) groups excluding carboxylic acids is 12. The largest absolute Gasteiger partial charge is 0.497 e. The Labute approximate surface area is 702 Å². The number of rotatable bonds is 17. The van der Waals surface area contributed by atoms with Crippen molar-refractivity contribution in [3.63, 3.8) is 0 Å². The Morgan fingerprint density at radius 1 is 0.403 bits per heavy atom. The summed E-state index contributed by atoms with van der Waals surface area (Å²) in [6.07, 6.45) is 5.51. The standard InChI is InChI=1S/C21H16N8O5.C20H15BrN4O5.C20H15FN4O5.C20H17N5O5/c1-33-13-3-2-10-8-29(18(30)14(10)6-13)9-21(19(31)23-20(32)24-21)15-5-11-4-12(7-22-17(11)34-15)16-25-27-28-26-16;3*1-29-13-3-2-10-8-25(17(26)14(10)6-13)9-20(18(27)23-19(28)24-20)15-5-11-4-12(21)7-22-16(11)30-15/h2-7H,8-9H2,1H3,(H2,23,24,31,32)(H,25,26,27,28);2*2-7H,8-9H2,1H3,(H2,23,24,27,28);2-7H,8-9,21H2,1H3,(H2,23,24,27,28)/t21-;3*20-/m0000/s1. The number of pyridine rings is 4. The van der Waals surface area contributed by atoms with Crippen molar-refractivity contribution in [2.45, 2.75) is 48.3 Å². The fourth-order valence-corrected chi connectivity index (χ4v) is 16.2. The van der Waals surface area contributed by atoms with Gasteiger partial charge in [0.25, 0.3) is 47.3 Å². The molecule has 0 unspecified atom stereocenters. The molecule has 41 nitrogen and oxygen atoms in total.